The van der Waals surface area contributed by atoms with Crippen molar-refractivity contribution in [2.24, 2.45) is 0 Å². The summed E-state index contributed by atoms with van der Waals surface area (Å²) in [5.41, 5.74) is 2.35. The third-order valence-corrected chi connectivity index (χ3v) is 4.24. The summed E-state index contributed by atoms with van der Waals surface area (Å²) in [6.45, 7) is 7.15. The van der Waals surface area contributed by atoms with Crippen LogP contribution in [0.25, 0.3) is 11.1 Å². The lowest BCUT2D eigenvalue weighted by Crippen LogP contribution is -2.10. The molecule has 0 aliphatic carbocycles. The molecule has 1 atom stereocenters. The maximum atomic E-state index is 5.78. The van der Waals surface area contributed by atoms with Gasteiger partial charge in [-0.3, -0.25) is 0 Å². The van der Waals surface area contributed by atoms with Gasteiger partial charge in [0.2, 0.25) is 0 Å². The molecule has 1 aromatic carbocycles. The summed E-state index contributed by atoms with van der Waals surface area (Å²) in [5.74, 6) is 2.94. The topological polar surface area (TPSA) is 82.3 Å². The standard InChI is InChI=1S/C18H20N4O3/c1-10(13-5-6-14-15(9-13)24-8-4-7-23-14)19-17-16-11(2)22-25-18(16)21-12(3)20-17/h5-6,9-10H,4,7-8H2,1-3H3,(H,19,20,21). The largest absolute Gasteiger partial charge is 0.490 e. The third-order valence-electron chi connectivity index (χ3n) is 4.24. The van der Waals surface area contributed by atoms with Crippen molar-refractivity contribution in [2.75, 3.05) is 18.5 Å². The third kappa shape index (κ3) is 2.97. The highest BCUT2D eigenvalue weighted by Gasteiger charge is 2.18. The maximum absolute atomic E-state index is 5.78. The molecule has 1 N–H and O–H groups in total. The molecule has 2 aromatic heterocycles. The molecule has 0 saturated carbocycles. The van der Waals surface area contributed by atoms with E-state index in [1.807, 2.05) is 32.0 Å². The summed E-state index contributed by atoms with van der Waals surface area (Å²) in [4.78, 5) is 8.81. The van der Waals surface area contributed by atoms with E-state index < -0.39 is 0 Å². The predicted molar refractivity (Wildman–Crippen MR) is 93.2 cm³/mol. The normalized spacial score (nSPS) is 15.0. The number of nitrogens with one attached hydrogen (secondary N) is 1. The van der Waals surface area contributed by atoms with Crippen LogP contribution in [0.5, 0.6) is 11.5 Å². The number of anilines is 1. The van der Waals surface area contributed by atoms with Gasteiger partial charge in [-0.15, -0.1) is 0 Å². The van der Waals surface area contributed by atoms with Gasteiger partial charge in [-0.2, -0.15) is 4.98 Å². The van der Waals surface area contributed by atoms with Gasteiger partial charge in [0.05, 0.1) is 24.9 Å². The van der Waals surface area contributed by atoms with Gasteiger partial charge in [0.1, 0.15) is 17.0 Å². The van der Waals surface area contributed by atoms with Crippen LogP contribution in [-0.4, -0.2) is 28.3 Å². The Morgan fingerprint density at radius 1 is 1.08 bits per heavy atom. The van der Waals surface area contributed by atoms with Crippen molar-refractivity contribution < 1.29 is 14.0 Å². The lowest BCUT2D eigenvalue weighted by atomic mass is 10.1. The Balaban J connectivity index is 1.65. The molecule has 0 bridgehead atoms. The van der Waals surface area contributed by atoms with Gasteiger partial charge < -0.3 is 19.3 Å². The Labute approximate surface area is 145 Å². The number of hydrogen-bond acceptors (Lipinski definition) is 7. The monoisotopic (exact) mass is 340 g/mol. The molecule has 25 heavy (non-hydrogen) atoms. The van der Waals surface area contributed by atoms with Crippen molar-refractivity contribution in [2.45, 2.75) is 33.2 Å². The lowest BCUT2D eigenvalue weighted by molar-refractivity contribution is 0.297. The van der Waals surface area contributed by atoms with E-state index in [1.54, 1.807) is 0 Å². The number of benzene rings is 1. The second-order valence-electron chi connectivity index (χ2n) is 6.19. The Kier molecular flexibility index (Phi) is 3.91. The molecule has 1 aliphatic heterocycles. The van der Waals surface area contributed by atoms with Crippen LogP contribution >= 0.6 is 0 Å². The lowest BCUT2D eigenvalue weighted by Gasteiger charge is -2.17. The molecule has 0 amide bonds. The molecule has 0 saturated heterocycles. The van der Waals surface area contributed by atoms with Gasteiger partial charge in [0, 0.05) is 6.42 Å². The number of aryl methyl sites for hydroxylation is 2. The number of aromatic nitrogens is 3. The second kappa shape index (κ2) is 6.23. The fraction of sp³-hybridized carbons (Fsp3) is 0.389. The van der Waals surface area contributed by atoms with Crippen molar-refractivity contribution >= 4 is 16.9 Å². The first-order valence-electron chi connectivity index (χ1n) is 8.38. The van der Waals surface area contributed by atoms with Gasteiger partial charge in [-0.25, -0.2) is 4.98 Å². The minimum atomic E-state index is 0.0175. The Morgan fingerprint density at radius 3 is 2.72 bits per heavy atom. The van der Waals surface area contributed by atoms with Crippen LogP contribution in [0.3, 0.4) is 0 Å². The van der Waals surface area contributed by atoms with Gasteiger partial charge in [0.15, 0.2) is 11.5 Å². The van der Waals surface area contributed by atoms with E-state index in [1.165, 1.54) is 0 Å². The number of hydrogen-bond donors (Lipinski definition) is 1. The average Bonchev–Trinajstić information content (AvgIpc) is 2.82. The Hall–Kier alpha value is -2.83. The number of nitrogens with zero attached hydrogens (tertiary/aromatic N) is 3. The number of ether oxygens (including phenoxy) is 2. The molecule has 7 nitrogen and oxygen atoms in total. The van der Waals surface area contributed by atoms with E-state index in [4.69, 9.17) is 14.0 Å². The van der Waals surface area contributed by atoms with E-state index in [-0.39, 0.29) is 6.04 Å². The Bertz CT molecular complexity index is 922. The van der Waals surface area contributed by atoms with E-state index in [0.717, 1.165) is 40.4 Å². The van der Waals surface area contributed by atoms with Crippen LogP contribution in [0.4, 0.5) is 5.82 Å². The first-order valence-corrected chi connectivity index (χ1v) is 8.38. The molecule has 3 heterocycles. The molecular weight excluding hydrogens is 320 g/mol. The highest BCUT2D eigenvalue weighted by molar-refractivity contribution is 5.87. The van der Waals surface area contributed by atoms with Crippen LogP contribution in [0, 0.1) is 13.8 Å². The molecule has 3 aromatic rings. The van der Waals surface area contributed by atoms with Crippen LogP contribution in [0.2, 0.25) is 0 Å². The molecule has 0 spiro atoms. The van der Waals surface area contributed by atoms with Gasteiger partial charge >= 0.3 is 0 Å². The molecule has 0 fully saturated rings. The van der Waals surface area contributed by atoms with E-state index in [2.05, 4.69) is 27.4 Å². The van der Waals surface area contributed by atoms with Crippen molar-refractivity contribution in [3.8, 4) is 11.5 Å². The van der Waals surface area contributed by atoms with Crippen LogP contribution in [-0.2, 0) is 0 Å². The van der Waals surface area contributed by atoms with Crippen LogP contribution in [0.15, 0.2) is 22.7 Å². The van der Waals surface area contributed by atoms with E-state index >= 15 is 0 Å². The van der Waals surface area contributed by atoms with Gasteiger partial charge in [-0.05, 0) is 38.5 Å². The zero-order chi connectivity index (χ0) is 17.4. The zero-order valence-corrected chi connectivity index (χ0v) is 14.5. The second-order valence-corrected chi connectivity index (χ2v) is 6.19. The SMILES string of the molecule is Cc1nc(NC(C)c2ccc3c(c2)OCCCO3)c2c(C)noc2n1. The predicted octanol–water partition coefficient (Wildman–Crippen LogP) is 3.57. The summed E-state index contributed by atoms with van der Waals surface area (Å²) in [6.07, 6.45) is 0.892. The zero-order valence-electron chi connectivity index (χ0n) is 14.5. The van der Waals surface area contributed by atoms with Crippen LogP contribution in [0.1, 0.15) is 36.5 Å². The van der Waals surface area contributed by atoms with Gasteiger partial charge in [-0.1, -0.05) is 11.2 Å². The summed E-state index contributed by atoms with van der Waals surface area (Å²) >= 11 is 0. The first kappa shape index (κ1) is 15.7. The molecule has 1 aliphatic rings. The quantitative estimate of drug-likeness (QED) is 0.780. The van der Waals surface area contributed by atoms with Gasteiger partial charge in [0.25, 0.3) is 5.71 Å². The molecule has 1 unspecified atom stereocenters. The van der Waals surface area contributed by atoms with Crippen molar-refractivity contribution in [1.29, 1.82) is 0 Å². The summed E-state index contributed by atoms with van der Waals surface area (Å²) in [5, 5.41) is 8.25. The summed E-state index contributed by atoms with van der Waals surface area (Å²) in [7, 11) is 0. The average molecular weight is 340 g/mol. The van der Waals surface area contributed by atoms with E-state index in [0.29, 0.717) is 24.8 Å². The molecule has 4 rings (SSSR count). The highest BCUT2D eigenvalue weighted by Crippen LogP contribution is 2.34. The number of fused-ring (bicyclic) bond motifs is 2. The minimum absolute atomic E-state index is 0.0175. The van der Waals surface area contributed by atoms with Crippen molar-refractivity contribution in [3.63, 3.8) is 0 Å². The molecule has 130 valence electrons. The smallest absolute Gasteiger partial charge is 0.263 e. The minimum Gasteiger partial charge on any atom is -0.490 e. The fourth-order valence-electron chi connectivity index (χ4n) is 2.94. The first-order chi connectivity index (χ1) is 12.1. The number of rotatable bonds is 3. The van der Waals surface area contributed by atoms with Crippen molar-refractivity contribution in [1.82, 2.24) is 15.1 Å². The fourth-order valence-corrected chi connectivity index (χ4v) is 2.94. The highest BCUT2D eigenvalue weighted by atomic mass is 16.5. The van der Waals surface area contributed by atoms with Crippen molar-refractivity contribution in [3.05, 3.63) is 35.3 Å². The summed E-state index contributed by atoms with van der Waals surface area (Å²) < 4.78 is 16.7. The molecule has 0 radical (unpaired) electrons. The molecular formula is C18H20N4O3. The summed E-state index contributed by atoms with van der Waals surface area (Å²) in [6, 6.07) is 6.03. The van der Waals surface area contributed by atoms with Crippen LogP contribution < -0.4 is 14.8 Å². The van der Waals surface area contributed by atoms with E-state index in [9.17, 15) is 0 Å². The molecule has 7 heteroatoms. The Morgan fingerprint density at radius 2 is 1.88 bits per heavy atom. The maximum Gasteiger partial charge on any atom is 0.263 e.